The number of rotatable bonds is 10. The minimum absolute atomic E-state index is 0.109. The van der Waals surface area contributed by atoms with E-state index in [0.29, 0.717) is 27.2 Å². The molecule has 1 N–H and O–H groups in total. The normalized spacial score (nSPS) is 14.4. The Balaban J connectivity index is 1.64. The number of benzene rings is 3. The molecule has 212 valence electrons. The van der Waals surface area contributed by atoms with E-state index in [-0.39, 0.29) is 31.0 Å². The third-order valence-corrected chi connectivity index (χ3v) is 8.67. The lowest BCUT2D eigenvalue weighted by molar-refractivity contribution is -0.143. The maximum Gasteiger partial charge on any atom is 0.261 e. The van der Waals surface area contributed by atoms with E-state index in [9.17, 15) is 9.59 Å². The first-order valence-corrected chi connectivity index (χ1v) is 14.8. The molecule has 0 aromatic heterocycles. The minimum Gasteiger partial charge on any atom is -0.484 e. The molecule has 2 amide bonds. The number of nitrogens with zero attached hydrogens (tertiary/aromatic N) is 1. The quantitative estimate of drug-likeness (QED) is 0.259. The molecule has 1 atom stereocenters. The van der Waals surface area contributed by atoms with Crippen LogP contribution in [0.2, 0.25) is 15.1 Å². The first-order chi connectivity index (χ1) is 19.2. The van der Waals surface area contributed by atoms with E-state index in [4.69, 9.17) is 39.5 Å². The number of amides is 2. The predicted molar refractivity (Wildman–Crippen MR) is 162 cm³/mol. The van der Waals surface area contributed by atoms with E-state index in [2.05, 4.69) is 5.32 Å². The molecular formula is C32H35Cl3N2O3. The Morgan fingerprint density at radius 3 is 2.23 bits per heavy atom. The molecule has 1 saturated carbocycles. The lowest BCUT2D eigenvalue weighted by Crippen LogP contribution is -2.53. The molecule has 0 radical (unpaired) electrons. The highest BCUT2D eigenvalue weighted by atomic mass is 35.5. The summed E-state index contributed by atoms with van der Waals surface area (Å²) < 4.78 is 5.95. The van der Waals surface area contributed by atoms with Crippen molar-refractivity contribution in [1.82, 2.24) is 10.2 Å². The van der Waals surface area contributed by atoms with Gasteiger partial charge in [-0.1, -0.05) is 90.5 Å². The van der Waals surface area contributed by atoms with Gasteiger partial charge in [-0.3, -0.25) is 9.59 Å². The van der Waals surface area contributed by atoms with Crippen LogP contribution in [0, 0.1) is 13.8 Å². The van der Waals surface area contributed by atoms with E-state index in [0.717, 1.165) is 47.9 Å². The summed E-state index contributed by atoms with van der Waals surface area (Å²) in [5, 5.41) is 4.73. The average molecular weight is 602 g/mol. The van der Waals surface area contributed by atoms with Crippen LogP contribution in [0.15, 0.2) is 60.7 Å². The molecule has 0 aliphatic heterocycles. The number of hydrogen-bond donors (Lipinski definition) is 1. The van der Waals surface area contributed by atoms with E-state index in [1.807, 2.05) is 62.4 Å². The molecule has 8 heteroatoms. The zero-order valence-corrected chi connectivity index (χ0v) is 25.2. The van der Waals surface area contributed by atoms with E-state index in [1.165, 1.54) is 6.42 Å². The Morgan fingerprint density at radius 2 is 1.57 bits per heavy atom. The van der Waals surface area contributed by atoms with E-state index in [1.54, 1.807) is 17.0 Å². The second-order valence-corrected chi connectivity index (χ2v) is 11.7. The number of ether oxygens (including phenoxy) is 1. The van der Waals surface area contributed by atoms with Gasteiger partial charge in [0.2, 0.25) is 5.91 Å². The Hall–Kier alpha value is -2.73. The van der Waals surface area contributed by atoms with E-state index >= 15 is 0 Å². The standard InChI is InChI=1S/C32H35Cl3N2O3/c1-21-15-26(16-22(2)31(21)35)40-20-30(38)37(19-24-13-14-27(33)28(34)17-24)29(18-23-9-5-3-6-10-23)32(39)36-25-11-7-4-8-12-25/h3,5-6,9-10,13-17,25,29H,4,7-8,11-12,18-20H2,1-2H3,(H,36,39)/t29-/m1/s1. The Bertz CT molecular complexity index is 1300. The van der Waals surface area contributed by atoms with Gasteiger partial charge in [-0.2, -0.15) is 0 Å². The van der Waals surface area contributed by atoms with Crippen LogP contribution in [0.5, 0.6) is 5.75 Å². The zero-order chi connectivity index (χ0) is 28.6. The smallest absolute Gasteiger partial charge is 0.261 e. The second kappa shape index (κ2) is 14.2. The Kier molecular flexibility index (Phi) is 10.8. The fourth-order valence-corrected chi connectivity index (χ4v) is 5.58. The molecule has 3 aromatic carbocycles. The summed E-state index contributed by atoms with van der Waals surface area (Å²) in [6.07, 6.45) is 5.63. The van der Waals surface area contributed by atoms with E-state index < -0.39 is 6.04 Å². The molecule has 0 bridgehead atoms. The second-order valence-electron chi connectivity index (χ2n) is 10.5. The number of nitrogens with one attached hydrogen (secondary N) is 1. The predicted octanol–water partition coefficient (Wildman–Crippen LogP) is 7.73. The summed E-state index contributed by atoms with van der Waals surface area (Å²) in [7, 11) is 0. The van der Waals surface area contributed by atoms with Crippen LogP contribution in [0.4, 0.5) is 0 Å². The molecule has 1 fully saturated rings. The molecule has 0 unspecified atom stereocenters. The molecular weight excluding hydrogens is 567 g/mol. The van der Waals surface area contributed by atoms with Crippen molar-refractivity contribution < 1.29 is 14.3 Å². The first-order valence-electron chi connectivity index (χ1n) is 13.7. The van der Waals surface area contributed by atoms with Crippen molar-refractivity contribution in [2.24, 2.45) is 0 Å². The molecule has 3 aromatic rings. The van der Waals surface area contributed by atoms with Crippen molar-refractivity contribution in [3.05, 3.63) is 98.0 Å². The molecule has 0 saturated heterocycles. The van der Waals surface area contributed by atoms with Crippen LogP contribution in [-0.4, -0.2) is 35.4 Å². The van der Waals surface area contributed by atoms with Gasteiger partial charge in [-0.25, -0.2) is 0 Å². The summed E-state index contributed by atoms with van der Waals surface area (Å²) in [4.78, 5) is 29.3. The molecule has 0 heterocycles. The SMILES string of the molecule is Cc1cc(OCC(=O)N(Cc2ccc(Cl)c(Cl)c2)[C@H](Cc2ccccc2)C(=O)NC2CCCCC2)cc(C)c1Cl. The number of halogens is 3. The van der Waals surface area contributed by atoms with Crippen LogP contribution in [-0.2, 0) is 22.6 Å². The molecule has 1 aliphatic carbocycles. The van der Waals surface area contributed by atoms with Crippen molar-refractivity contribution in [3.63, 3.8) is 0 Å². The lowest BCUT2D eigenvalue weighted by Gasteiger charge is -2.33. The van der Waals surface area contributed by atoms with Crippen molar-refractivity contribution in [2.75, 3.05) is 6.61 Å². The summed E-state index contributed by atoms with van der Waals surface area (Å²) >= 11 is 18.8. The summed E-state index contributed by atoms with van der Waals surface area (Å²) in [6.45, 7) is 3.73. The number of aryl methyl sites for hydroxylation is 2. The Labute approximate surface area is 251 Å². The highest BCUT2D eigenvalue weighted by Gasteiger charge is 2.32. The van der Waals surface area contributed by atoms with Gasteiger partial charge < -0.3 is 15.0 Å². The third-order valence-electron chi connectivity index (χ3n) is 7.33. The van der Waals surface area contributed by atoms with Gasteiger partial charge in [0.1, 0.15) is 11.8 Å². The van der Waals surface area contributed by atoms with Crippen molar-refractivity contribution >= 4 is 46.6 Å². The van der Waals surface area contributed by atoms with Crippen LogP contribution < -0.4 is 10.1 Å². The molecule has 40 heavy (non-hydrogen) atoms. The highest BCUT2D eigenvalue weighted by molar-refractivity contribution is 6.42. The lowest BCUT2D eigenvalue weighted by atomic mass is 9.94. The molecule has 5 nitrogen and oxygen atoms in total. The highest BCUT2D eigenvalue weighted by Crippen LogP contribution is 2.27. The third kappa shape index (κ3) is 8.15. The van der Waals surface area contributed by atoms with Crippen molar-refractivity contribution in [3.8, 4) is 5.75 Å². The van der Waals surface area contributed by atoms with Crippen LogP contribution in [0.25, 0.3) is 0 Å². The van der Waals surface area contributed by atoms with Crippen molar-refractivity contribution in [1.29, 1.82) is 0 Å². The average Bonchev–Trinajstić information content (AvgIpc) is 2.95. The largest absolute Gasteiger partial charge is 0.484 e. The maximum absolute atomic E-state index is 13.9. The van der Waals surface area contributed by atoms with Crippen LogP contribution >= 0.6 is 34.8 Å². The van der Waals surface area contributed by atoms with Gasteiger partial charge >= 0.3 is 0 Å². The molecule has 1 aliphatic rings. The van der Waals surface area contributed by atoms with Gasteiger partial charge in [0.15, 0.2) is 6.61 Å². The van der Waals surface area contributed by atoms with Gasteiger partial charge in [-0.15, -0.1) is 0 Å². The maximum atomic E-state index is 13.9. The fourth-order valence-electron chi connectivity index (χ4n) is 5.15. The first kappa shape index (κ1) is 30.2. The fraction of sp³-hybridized carbons (Fsp3) is 0.375. The number of carbonyl (C=O) groups excluding carboxylic acids is 2. The van der Waals surface area contributed by atoms with Crippen LogP contribution in [0.3, 0.4) is 0 Å². The van der Waals surface area contributed by atoms with Crippen molar-refractivity contribution in [2.45, 2.75) is 71.0 Å². The van der Waals surface area contributed by atoms with Crippen LogP contribution in [0.1, 0.15) is 54.4 Å². The summed E-state index contributed by atoms with van der Waals surface area (Å²) in [6, 6.07) is 18.0. The topological polar surface area (TPSA) is 58.6 Å². The monoisotopic (exact) mass is 600 g/mol. The van der Waals surface area contributed by atoms with Gasteiger partial charge in [0.25, 0.3) is 5.91 Å². The summed E-state index contributed by atoms with van der Waals surface area (Å²) in [5.41, 5.74) is 3.46. The Morgan fingerprint density at radius 1 is 0.900 bits per heavy atom. The molecule has 4 rings (SSSR count). The van der Waals surface area contributed by atoms with Gasteiger partial charge in [-0.05, 0) is 73.2 Å². The summed E-state index contributed by atoms with van der Waals surface area (Å²) in [5.74, 6) is 0.0758. The van der Waals surface area contributed by atoms with Gasteiger partial charge in [0.05, 0.1) is 10.0 Å². The number of carbonyl (C=O) groups is 2. The number of hydrogen-bond acceptors (Lipinski definition) is 3. The minimum atomic E-state index is -0.747. The van der Waals surface area contributed by atoms with Gasteiger partial charge in [0, 0.05) is 24.0 Å². The molecule has 0 spiro atoms. The zero-order valence-electron chi connectivity index (χ0n) is 22.9.